The van der Waals surface area contributed by atoms with E-state index in [0.29, 0.717) is 11.7 Å². The maximum atomic E-state index is 6.47. The molecule has 1 saturated heterocycles. The molecule has 3 fully saturated rings. The van der Waals surface area contributed by atoms with Gasteiger partial charge in [-0.25, -0.2) is 0 Å². The van der Waals surface area contributed by atoms with Crippen LogP contribution in [-0.2, 0) is 4.74 Å². The molecule has 2 heteroatoms. The summed E-state index contributed by atoms with van der Waals surface area (Å²) >= 11 is 0. The summed E-state index contributed by atoms with van der Waals surface area (Å²) < 4.78 is 6.47. The molecule has 1 N–H and O–H groups in total. The average Bonchev–Trinajstić information content (AvgIpc) is 2.89. The molecule has 0 radical (unpaired) electrons. The number of hydrogen-bond acceptors (Lipinski definition) is 2. The predicted octanol–water partition coefficient (Wildman–Crippen LogP) is 4.43. The quantitative estimate of drug-likeness (QED) is 0.822. The zero-order chi connectivity index (χ0) is 13.8. The summed E-state index contributed by atoms with van der Waals surface area (Å²) in [5.41, 5.74) is 0.295. The van der Waals surface area contributed by atoms with Crippen molar-refractivity contribution in [1.82, 2.24) is 5.32 Å². The molecule has 3 aliphatic rings. The van der Waals surface area contributed by atoms with Gasteiger partial charge in [0.2, 0.25) is 0 Å². The van der Waals surface area contributed by atoms with Crippen LogP contribution >= 0.6 is 0 Å². The lowest BCUT2D eigenvalue weighted by Gasteiger charge is -2.34. The van der Waals surface area contributed by atoms with Gasteiger partial charge in [-0.2, -0.15) is 0 Å². The van der Waals surface area contributed by atoms with Crippen molar-refractivity contribution in [3.8, 4) is 0 Å². The highest BCUT2D eigenvalue weighted by atomic mass is 16.5. The summed E-state index contributed by atoms with van der Waals surface area (Å²) in [6.45, 7) is 3.45. The van der Waals surface area contributed by atoms with Gasteiger partial charge in [0.05, 0.1) is 11.7 Å². The Labute approximate surface area is 125 Å². The minimum Gasteiger partial charge on any atom is -0.370 e. The SMILES string of the molecule is CCC1CCCC(NCC2CCC3(CCCCC3)O2)C1. The van der Waals surface area contributed by atoms with Crippen molar-refractivity contribution in [3.63, 3.8) is 0 Å². The number of rotatable bonds is 4. The van der Waals surface area contributed by atoms with E-state index in [1.165, 1.54) is 77.0 Å². The first kappa shape index (κ1) is 14.8. The molecule has 0 aromatic carbocycles. The van der Waals surface area contributed by atoms with Crippen LogP contribution in [-0.4, -0.2) is 24.3 Å². The van der Waals surface area contributed by atoms with Crippen LogP contribution in [0.25, 0.3) is 0 Å². The summed E-state index contributed by atoms with van der Waals surface area (Å²) in [6.07, 6.45) is 17.0. The molecule has 3 rings (SSSR count). The third-order valence-electron chi connectivity index (χ3n) is 6.10. The molecule has 20 heavy (non-hydrogen) atoms. The first-order valence-corrected chi connectivity index (χ1v) is 9.21. The van der Waals surface area contributed by atoms with Crippen LogP contribution in [0.2, 0.25) is 0 Å². The Hall–Kier alpha value is -0.0800. The third kappa shape index (κ3) is 3.57. The Morgan fingerprint density at radius 2 is 1.85 bits per heavy atom. The standard InChI is InChI=1S/C18H33NO/c1-2-15-7-6-8-16(13-15)19-14-17-9-12-18(20-17)10-4-3-5-11-18/h15-17,19H,2-14H2,1H3. The second kappa shape index (κ2) is 6.79. The zero-order valence-corrected chi connectivity index (χ0v) is 13.3. The average molecular weight is 279 g/mol. The van der Waals surface area contributed by atoms with E-state index in [1.807, 2.05) is 0 Å². The Balaban J connectivity index is 1.41. The second-order valence-electron chi connectivity index (χ2n) is 7.57. The van der Waals surface area contributed by atoms with Crippen LogP contribution in [0.1, 0.15) is 84.0 Å². The van der Waals surface area contributed by atoms with E-state index in [9.17, 15) is 0 Å². The van der Waals surface area contributed by atoms with Crippen LogP contribution < -0.4 is 5.32 Å². The minimum atomic E-state index is 0.295. The molecule has 0 amide bonds. The van der Waals surface area contributed by atoms with Gasteiger partial charge in [-0.05, 0) is 44.4 Å². The summed E-state index contributed by atoms with van der Waals surface area (Å²) in [5, 5.41) is 3.82. The smallest absolute Gasteiger partial charge is 0.0708 e. The van der Waals surface area contributed by atoms with Crippen molar-refractivity contribution < 1.29 is 4.74 Å². The largest absolute Gasteiger partial charge is 0.370 e. The lowest BCUT2D eigenvalue weighted by Crippen LogP contribution is -2.40. The molecule has 1 aliphatic heterocycles. The Kier molecular flexibility index (Phi) is 5.04. The summed E-state index contributed by atoms with van der Waals surface area (Å²) in [6, 6.07) is 0.764. The van der Waals surface area contributed by atoms with Gasteiger partial charge in [-0.1, -0.05) is 45.4 Å². The maximum absolute atomic E-state index is 6.47. The molecule has 116 valence electrons. The number of hydrogen-bond donors (Lipinski definition) is 1. The first-order valence-electron chi connectivity index (χ1n) is 9.21. The van der Waals surface area contributed by atoms with E-state index < -0.39 is 0 Å². The van der Waals surface area contributed by atoms with E-state index in [4.69, 9.17) is 4.74 Å². The highest BCUT2D eigenvalue weighted by Gasteiger charge is 2.40. The summed E-state index contributed by atoms with van der Waals surface area (Å²) in [7, 11) is 0. The van der Waals surface area contributed by atoms with Crippen LogP contribution in [0, 0.1) is 5.92 Å². The molecule has 0 bridgehead atoms. The van der Waals surface area contributed by atoms with Crippen molar-refractivity contribution in [2.75, 3.05) is 6.54 Å². The van der Waals surface area contributed by atoms with Crippen molar-refractivity contribution in [2.24, 2.45) is 5.92 Å². The van der Waals surface area contributed by atoms with E-state index in [2.05, 4.69) is 12.2 Å². The fraction of sp³-hybridized carbons (Fsp3) is 1.00. The van der Waals surface area contributed by atoms with E-state index in [1.54, 1.807) is 0 Å². The van der Waals surface area contributed by atoms with Crippen LogP contribution in [0.15, 0.2) is 0 Å². The zero-order valence-electron chi connectivity index (χ0n) is 13.3. The highest BCUT2D eigenvalue weighted by molar-refractivity contribution is 4.92. The summed E-state index contributed by atoms with van der Waals surface area (Å²) in [4.78, 5) is 0. The molecule has 3 atom stereocenters. The van der Waals surface area contributed by atoms with Crippen molar-refractivity contribution >= 4 is 0 Å². The van der Waals surface area contributed by atoms with Gasteiger partial charge in [0.1, 0.15) is 0 Å². The summed E-state index contributed by atoms with van der Waals surface area (Å²) in [5.74, 6) is 0.968. The van der Waals surface area contributed by atoms with Gasteiger partial charge < -0.3 is 10.1 Å². The molecule has 0 aromatic heterocycles. The van der Waals surface area contributed by atoms with Gasteiger partial charge >= 0.3 is 0 Å². The molecular weight excluding hydrogens is 246 g/mol. The van der Waals surface area contributed by atoms with Crippen LogP contribution in [0.3, 0.4) is 0 Å². The molecular formula is C18H33NO. The molecule has 2 saturated carbocycles. The van der Waals surface area contributed by atoms with Crippen molar-refractivity contribution in [3.05, 3.63) is 0 Å². The number of nitrogens with one attached hydrogen (secondary N) is 1. The van der Waals surface area contributed by atoms with E-state index >= 15 is 0 Å². The molecule has 3 unspecified atom stereocenters. The lowest BCUT2D eigenvalue weighted by molar-refractivity contribution is -0.0633. The molecule has 1 spiro atoms. The Bertz CT molecular complexity index is 298. The Morgan fingerprint density at radius 3 is 2.65 bits per heavy atom. The lowest BCUT2D eigenvalue weighted by atomic mass is 9.83. The second-order valence-corrected chi connectivity index (χ2v) is 7.57. The normalized spacial score (nSPS) is 37.4. The van der Waals surface area contributed by atoms with Gasteiger partial charge in [0, 0.05) is 12.6 Å². The van der Waals surface area contributed by atoms with E-state index in [0.717, 1.165) is 18.5 Å². The Morgan fingerprint density at radius 1 is 1.00 bits per heavy atom. The third-order valence-corrected chi connectivity index (χ3v) is 6.10. The maximum Gasteiger partial charge on any atom is 0.0708 e. The fourth-order valence-electron chi connectivity index (χ4n) is 4.75. The monoisotopic (exact) mass is 279 g/mol. The minimum absolute atomic E-state index is 0.295. The first-order chi connectivity index (χ1) is 9.80. The molecule has 1 heterocycles. The van der Waals surface area contributed by atoms with Gasteiger partial charge in [-0.3, -0.25) is 0 Å². The van der Waals surface area contributed by atoms with Crippen LogP contribution in [0.4, 0.5) is 0 Å². The van der Waals surface area contributed by atoms with Gasteiger partial charge in [0.15, 0.2) is 0 Å². The van der Waals surface area contributed by atoms with Gasteiger partial charge in [0.25, 0.3) is 0 Å². The number of ether oxygens (including phenoxy) is 1. The van der Waals surface area contributed by atoms with E-state index in [-0.39, 0.29) is 0 Å². The highest BCUT2D eigenvalue weighted by Crippen LogP contribution is 2.41. The molecule has 2 nitrogen and oxygen atoms in total. The van der Waals surface area contributed by atoms with Crippen LogP contribution in [0.5, 0.6) is 0 Å². The predicted molar refractivity (Wildman–Crippen MR) is 84.0 cm³/mol. The topological polar surface area (TPSA) is 21.3 Å². The fourth-order valence-corrected chi connectivity index (χ4v) is 4.75. The molecule has 2 aliphatic carbocycles. The molecule has 0 aromatic rings. The van der Waals surface area contributed by atoms with Crippen molar-refractivity contribution in [2.45, 2.75) is 102 Å². The van der Waals surface area contributed by atoms with Crippen molar-refractivity contribution in [1.29, 1.82) is 0 Å². The van der Waals surface area contributed by atoms with Gasteiger partial charge in [-0.15, -0.1) is 0 Å².